The molecule has 1 aromatic heterocycles. The minimum absolute atomic E-state index is 0.753. The molecule has 130 valence electrons. The van der Waals surface area contributed by atoms with Crippen LogP contribution in [0.4, 0.5) is 0 Å². The number of aromatic nitrogens is 2. The molecule has 5 heteroatoms. The Hall–Kier alpha value is -1.94. The molecule has 0 aliphatic heterocycles. The highest BCUT2D eigenvalue weighted by atomic mass is 35.5. The van der Waals surface area contributed by atoms with Crippen molar-refractivity contribution >= 4 is 46.0 Å². The number of halogens is 2. The van der Waals surface area contributed by atoms with E-state index in [2.05, 4.69) is 34.9 Å². The Bertz CT molecular complexity index is 1020. The first kappa shape index (κ1) is 17.5. The zero-order chi connectivity index (χ0) is 17.9. The molecule has 0 unspecified atom stereocenters. The number of thioether (sulfide) groups is 1. The fourth-order valence-electron chi connectivity index (χ4n) is 2.86. The molecule has 0 N–H and O–H groups in total. The Balaban J connectivity index is 1.64. The summed E-state index contributed by atoms with van der Waals surface area (Å²) in [6, 6.07) is 24.2. The van der Waals surface area contributed by atoms with E-state index < -0.39 is 0 Å². The molecule has 0 saturated carbocycles. The van der Waals surface area contributed by atoms with E-state index in [1.807, 2.05) is 42.5 Å². The molecule has 0 radical (unpaired) electrons. The van der Waals surface area contributed by atoms with Gasteiger partial charge >= 0.3 is 0 Å². The van der Waals surface area contributed by atoms with Gasteiger partial charge in [-0.25, -0.2) is 4.98 Å². The van der Waals surface area contributed by atoms with Gasteiger partial charge in [-0.2, -0.15) is 0 Å². The lowest BCUT2D eigenvalue weighted by atomic mass is 10.2. The van der Waals surface area contributed by atoms with E-state index in [-0.39, 0.29) is 0 Å². The van der Waals surface area contributed by atoms with Crippen LogP contribution in [0.3, 0.4) is 0 Å². The Labute approximate surface area is 166 Å². The van der Waals surface area contributed by atoms with E-state index in [0.717, 1.165) is 39.2 Å². The van der Waals surface area contributed by atoms with Crippen LogP contribution in [-0.2, 0) is 12.3 Å². The number of hydrogen-bond donors (Lipinski definition) is 0. The fraction of sp³-hybridized carbons (Fsp3) is 0.0952. The molecule has 0 bridgehead atoms. The van der Waals surface area contributed by atoms with E-state index in [9.17, 15) is 0 Å². The minimum atomic E-state index is 0.753. The van der Waals surface area contributed by atoms with Crippen molar-refractivity contribution in [3.05, 3.63) is 94.2 Å². The second kappa shape index (κ2) is 7.75. The van der Waals surface area contributed by atoms with Gasteiger partial charge in [0.15, 0.2) is 0 Å². The van der Waals surface area contributed by atoms with Gasteiger partial charge in [-0.15, -0.1) is 11.8 Å². The van der Waals surface area contributed by atoms with Crippen LogP contribution in [0, 0.1) is 0 Å². The second-order valence-corrected chi connectivity index (χ2v) is 7.89. The monoisotopic (exact) mass is 398 g/mol. The number of imidazole rings is 1. The quantitative estimate of drug-likeness (QED) is 0.348. The summed E-state index contributed by atoms with van der Waals surface area (Å²) in [5.74, 6) is 1.85. The summed E-state index contributed by atoms with van der Waals surface area (Å²) in [6.45, 7) is 0.772. The first-order valence-electron chi connectivity index (χ1n) is 8.26. The Morgan fingerprint density at radius 2 is 1.46 bits per heavy atom. The maximum absolute atomic E-state index is 6.02. The van der Waals surface area contributed by atoms with Gasteiger partial charge in [0, 0.05) is 21.5 Å². The molecular formula is C21H16Cl2N2S. The van der Waals surface area contributed by atoms with E-state index in [0.29, 0.717) is 0 Å². The van der Waals surface area contributed by atoms with Crippen molar-refractivity contribution in [2.45, 2.75) is 17.2 Å². The third-order valence-corrected chi connectivity index (χ3v) is 5.68. The van der Waals surface area contributed by atoms with Crippen molar-refractivity contribution < 1.29 is 0 Å². The molecule has 26 heavy (non-hydrogen) atoms. The van der Waals surface area contributed by atoms with Gasteiger partial charge in [-0.1, -0.05) is 47.5 Å². The van der Waals surface area contributed by atoms with Crippen molar-refractivity contribution in [2.24, 2.45) is 0 Å². The van der Waals surface area contributed by atoms with Crippen LogP contribution in [-0.4, -0.2) is 9.55 Å². The Kier molecular flexibility index (Phi) is 5.21. The number of benzene rings is 3. The van der Waals surface area contributed by atoms with Gasteiger partial charge in [0.2, 0.25) is 0 Å². The SMILES string of the molecule is Clc1ccc(Cn2c(CSc3ccc(Cl)cc3)nc3ccccc32)cc1. The summed E-state index contributed by atoms with van der Waals surface area (Å²) >= 11 is 13.8. The molecule has 2 nitrogen and oxygen atoms in total. The van der Waals surface area contributed by atoms with Gasteiger partial charge in [0.1, 0.15) is 5.82 Å². The highest BCUT2D eigenvalue weighted by Gasteiger charge is 2.11. The molecule has 0 amide bonds. The molecule has 0 saturated heterocycles. The smallest absolute Gasteiger partial charge is 0.120 e. The number of nitrogens with zero attached hydrogens (tertiary/aromatic N) is 2. The maximum atomic E-state index is 6.02. The van der Waals surface area contributed by atoms with Crippen molar-refractivity contribution in [3.63, 3.8) is 0 Å². The van der Waals surface area contributed by atoms with E-state index in [4.69, 9.17) is 28.2 Å². The Morgan fingerprint density at radius 1 is 0.808 bits per heavy atom. The topological polar surface area (TPSA) is 17.8 Å². The van der Waals surface area contributed by atoms with Crippen LogP contribution in [0.5, 0.6) is 0 Å². The lowest BCUT2D eigenvalue weighted by Gasteiger charge is -2.10. The van der Waals surface area contributed by atoms with E-state index >= 15 is 0 Å². The van der Waals surface area contributed by atoms with Gasteiger partial charge in [-0.3, -0.25) is 0 Å². The summed E-state index contributed by atoms with van der Waals surface area (Å²) in [4.78, 5) is 6.03. The lowest BCUT2D eigenvalue weighted by Crippen LogP contribution is -2.04. The molecule has 1 heterocycles. The molecular weight excluding hydrogens is 383 g/mol. The summed E-state index contributed by atoms with van der Waals surface area (Å²) in [7, 11) is 0. The average molecular weight is 399 g/mol. The minimum Gasteiger partial charge on any atom is -0.323 e. The first-order chi connectivity index (χ1) is 12.7. The summed E-state index contributed by atoms with van der Waals surface area (Å²) in [6.07, 6.45) is 0. The highest BCUT2D eigenvalue weighted by molar-refractivity contribution is 7.98. The highest BCUT2D eigenvalue weighted by Crippen LogP contribution is 2.27. The van der Waals surface area contributed by atoms with Crippen LogP contribution in [0.25, 0.3) is 11.0 Å². The van der Waals surface area contributed by atoms with Gasteiger partial charge < -0.3 is 4.57 Å². The molecule has 0 atom stereocenters. The van der Waals surface area contributed by atoms with Crippen molar-refractivity contribution in [1.82, 2.24) is 9.55 Å². The van der Waals surface area contributed by atoms with Crippen LogP contribution in [0.15, 0.2) is 77.7 Å². The van der Waals surface area contributed by atoms with Crippen LogP contribution in [0.1, 0.15) is 11.4 Å². The lowest BCUT2D eigenvalue weighted by molar-refractivity contribution is 0.780. The number of fused-ring (bicyclic) bond motifs is 1. The molecule has 4 aromatic rings. The van der Waals surface area contributed by atoms with E-state index in [1.54, 1.807) is 11.8 Å². The summed E-state index contributed by atoms with van der Waals surface area (Å²) in [5.41, 5.74) is 3.37. The van der Waals surface area contributed by atoms with Crippen LogP contribution < -0.4 is 0 Å². The maximum Gasteiger partial charge on any atom is 0.120 e. The third kappa shape index (κ3) is 3.90. The van der Waals surface area contributed by atoms with Crippen molar-refractivity contribution in [1.29, 1.82) is 0 Å². The van der Waals surface area contributed by atoms with Crippen LogP contribution in [0.2, 0.25) is 10.0 Å². The molecule has 0 fully saturated rings. The van der Waals surface area contributed by atoms with Gasteiger partial charge in [0.25, 0.3) is 0 Å². The third-order valence-electron chi connectivity index (χ3n) is 4.17. The molecule has 0 aliphatic carbocycles. The zero-order valence-electron chi connectivity index (χ0n) is 13.9. The molecule has 0 spiro atoms. The number of para-hydroxylation sites is 2. The second-order valence-electron chi connectivity index (χ2n) is 5.97. The Morgan fingerprint density at radius 3 is 2.19 bits per heavy atom. The standard InChI is InChI=1S/C21H16Cl2N2S/c22-16-7-5-15(6-8-16)13-25-20-4-2-1-3-19(20)24-21(25)14-26-18-11-9-17(23)10-12-18/h1-12H,13-14H2. The van der Waals surface area contributed by atoms with Gasteiger partial charge in [-0.05, 0) is 54.1 Å². The molecule has 4 rings (SSSR count). The van der Waals surface area contributed by atoms with Crippen molar-refractivity contribution in [3.8, 4) is 0 Å². The zero-order valence-corrected chi connectivity index (χ0v) is 16.2. The molecule has 0 aliphatic rings. The van der Waals surface area contributed by atoms with Crippen molar-refractivity contribution in [2.75, 3.05) is 0 Å². The predicted molar refractivity (Wildman–Crippen MR) is 111 cm³/mol. The first-order valence-corrected chi connectivity index (χ1v) is 10.0. The summed E-state index contributed by atoms with van der Waals surface area (Å²) in [5, 5.41) is 1.51. The largest absolute Gasteiger partial charge is 0.323 e. The molecule has 3 aromatic carbocycles. The van der Waals surface area contributed by atoms with E-state index in [1.165, 1.54) is 10.5 Å². The van der Waals surface area contributed by atoms with Crippen LogP contribution >= 0.6 is 35.0 Å². The van der Waals surface area contributed by atoms with Gasteiger partial charge in [0.05, 0.1) is 16.8 Å². The number of hydrogen-bond acceptors (Lipinski definition) is 2. The summed E-state index contributed by atoms with van der Waals surface area (Å²) < 4.78 is 2.28. The predicted octanol–water partition coefficient (Wildman–Crippen LogP) is 6.68. The number of rotatable bonds is 5. The normalized spacial score (nSPS) is 11.2. The average Bonchev–Trinajstić information content (AvgIpc) is 3.01. The fourth-order valence-corrected chi connectivity index (χ4v) is 3.96.